The van der Waals surface area contributed by atoms with Gasteiger partial charge in [0.2, 0.25) is 5.91 Å². The quantitative estimate of drug-likeness (QED) is 0.847. The number of carbonyl (C=O) groups excluding carboxylic acids is 1. The maximum atomic E-state index is 13.2. The van der Waals surface area contributed by atoms with Crippen molar-refractivity contribution in [2.75, 3.05) is 39.8 Å². The van der Waals surface area contributed by atoms with Gasteiger partial charge in [0.15, 0.2) is 0 Å². The number of aliphatic hydroxyl groups excluding tert-OH is 1. The van der Waals surface area contributed by atoms with Crippen molar-refractivity contribution in [3.63, 3.8) is 0 Å². The third-order valence-corrected chi connectivity index (χ3v) is 4.44. The number of rotatable bonds is 6. The van der Waals surface area contributed by atoms with E-state index in [0.29, 0.717) is 25.7 Å². The molecular formula is C18H28FN3O2. The van der Waals surface area contributed by atoms with Crippen LogP contribution >= 0.6 is 0 Å². The number of hydrogen-bond donors (Lipinski definition) is 1. The summed E-state index contributed by atoms with van der Waals surface area (Å²) in [6.45, 7) is 7.85. The number of halogens is 1. The summed E-state index contributed by atoms with van der Waals surface area (Å²) in [7, 11) is 1.75. The van der Waals surface area contributed by atoms with Crippen molar-refractivity contribution in [2.24, 2.45) is 0 Å². The summed E-state index contributed by atoms with van der Waals surface area (Å²) < 4.78 is 13.2. The molecule has 6 heteroatoms. The monoisotopic (exact) mass is 337 g/mol. The van der Waals surface area contributed by atoms with Gasteiger partial charge in [0.05, 0.1) is 12.6 Å². The third-order valence-electron chi connectivity index (χ3n) is 4.44. The number of carbonyl (C=O) groups is 1. The van der Waals surface area contributed by atoms with Crippen molar-refractivity contribution in [3.8, 4) is 0 Å². The minimum atomic E-state index is -0.335. The van der Waals surface area contributed by atoms with E-state index in [0.717, 1.165) is 25.2 Å². The van der Waals surface area contributed by atoms with Gasteiger partial charge in [0.25, 0.3) is 0 Å². The number of hydrogen-bond acceptors (Lipinski definition) is 4. The highest BCUT2D eigenvalue weighted by Gasteiger charge is 2.26. The minimum absolute atomic E-state index is 0.0374. The molecule has 1 aliphatic rings. The van der Waals surface area contributed by atoms with Gasteiger partial charge in [-0.2, -0.15) is 0 Å². The minimum Gasteiger partial charge on any atom is -0.392 e. The van der Waals surface area contributed by atoms with Crippen LogP contribution in [0.4, 0.5) is 4.39 Å². The molecule has 0 unspecified atom stereocenters. The average Bonchev–Trinajstić information content (AvgIpc) is 2.49. The van der Waals surface area contributed by atoms with E-state index in [4.69, 9.17) is 0 Å². The van der Waals surface area contributed by atoms with Gasteiger partial charge >= 0.3 is 0 Å². The van der Waals surface area contributed by atoms with E-state index in [1.807, 2.05) is 6.07 Å². The molecule has 1 fully saturated rings. The predicted octanol–water partition coefficient (Wildman–Crippen LogP) is 1.17. The van der Waals surface area contributed by atoms with Crippen molar-refractivity contribution >= 4 is 5.91 Å². The first-order valence-electron chi connectivity index (χ1n) is 8.48. The smallest absolute Gasteiger partial charge is 0.236 e. The molecule has 1 aliphatic heterocycles. The Morgan fingerprint density at radius 3 is 2.83 bits per heavy atom. The fraction of sp³-hybridized carbons (Fsp3) is 0.611. The molecule has 134 valence electrons. The second kappa shape index (κ2) is 8.55. The number of amides is 1. The number of nitrogens with zero attached hydrogens (tertiary/aromatic N) is 3. The summed E-state index contributed by atoms with van der Waals surface area (Å²) in [5, 5.41) is 9.52. The topological polar surface area (TPSA) is 47.0 Å². The van der Waals surface area contributed by atoms with Crippen molar-refractivity contribution < 1.29 is 14.3 Å². The highest BCUT2D eigenvalue weighted by molar-refractivity contribution is 5.78. The summed E-state index contributed by atoms with van der Waals surface area (Å²) in [5.74, 6) is -0.244. The lowest BCUT2D eigenvalue weighted by Crippen LogP contribution is -2.55. The van der Waals surface area contributed by atoms with Crippen LogP contribution in [0.5, 0.6) is 0 Å². The van der Waals surface area contributed by atoms with Gasteiger partial charge in [0, 0.05) is 45.8 Å². The molecule has 1 amide bonds. The highest BCUT2D eigenvalue weighted by Crippen LogP contribution is 2.11. The lowest BCUT2D eigenvalue weighted by Gasteiger charge is -2.40. The zero-order chi connectivity index (χ0) is 17.7. The molecule has 2 atom stereocenters. The van der Waals surface area contributed by atoms with Crippen LogP contribution in [-0.2, 0) is 11.3 Å². The fourth-order valence-electron chi connectivity index (χ4n) is 3.13. The second-order valence-corrected chi connectivity index (χ2v) is 6.81. The second-order valence-electron chi connectivity index (χ2n) is 6.81. The van der Waals surface area contributed by atoms with Crippen LogP contribution in [-0.4, -0.2) is 77.6 Å². The van der Waals surface area contributed by atoms with Crippen molar-refractivity contribution in [2.45, 2.75) is 32.5 Å². The number of β-amino-alcohol motifs (C(OH)–C–C–N with tert-alkyl or cyclic N) is 1. The van der Waals surface area contributed by atoms with Crippen LogP contribution in [0.15, 0.2) is 24.3 Å². The summed E-state index contributed by atoms with van der Waals surface area (Å²) in [6.07, 6.45) is -0.335. The lowest BCUT2D eigenvalue weighted by molar-refractivity contribution is -0.132. The molecule has 0 spiro atoms. The standard InChI is InChI=1S/C18H28FN3O2/c1-14-10-21(7-8-22(14)11-15(2)23)13-18(24)20(3)12-16-5-4-6-17(19)9-16/h4-6,9,14-15,23H,7-8,10-13H2,1-3H3/t14-,15+/m0/s1. The number of likely N-dealkylation sites (N-methyl/N-ethyl adjacent to an activating group) is 1. The molecule has 0 bridgehead atoms. The van der Waals surface area contributed by atoms with E-state index in [1.54, 1.807) is 24.9 Å². The molecule has 1 aromatic rings. The Bertz CT molecular complexity index is 553. The Kier molecular flexibility index (Phi) is 6.71. The molecule has 0 aromatic heterocycles. The van der Waals surface area contributed by atoms with Gasteiger partial charge in [-0.3, -0.25) is 14.6 Å². The summed E-state index contributed by atoms with van der Waals surface area (Å²) in [6, 6.07) is 6.66. The molecular weight excluding hydrogens is 309 g/mol. The maximum absolute atomic E-state index is 13.2. The summed E-state index contributed by atoms with van der Waals surface area (Å²) in [5.41, 5.74) is 0.793. The lowest BCUT2D eigenvalue weighted by atomic mass is 10.1. The van der Waals surface area contributed by atoms with Gasteiger partial charge in [-0.25, -0.2) is 4.39 Å². The normalized spacial score (nSPS) is 20.8. The zero-order valence-electron chi connectivity index (χ0n) is 14.8. The summed E-state index contributed by atoms with van der Waals surface area (Å²) in [4.78, 5) is 18.4. The van der Waals surface area contributed by atoms with E-state index in [-0.39, 0.29) is 17.8 Å². The Balaban J connectivity index is 1.82. The molecule has 0 radical (unpaired) electrons. The van der Waals surface area contributed by atoms with E-state index < -0.39 is 0 Å². The van der Waals surface area contributed by atoms with Gasteiger partial charge in [-0.15, -0.1) is 0 Å². The fourth-order valence-corrected chi connectivity index (χ4v) is 3.13. The molecule has 1 N–H and O–H groups in total. The van der Waals surface area contributed by atoms with Gasteiger partial charge in [0.1, 0.15) is 5.82 Å². The first-order chi connectivity index (χ1) is 11.3. The zero-order valence-corrected chi connectivity index (χ0v) is 14.8. The maximum Gasteiger partial charge on any atom is 0.236 e. The van der Waals surface area contributed by atoms with E-state index in [9.17, 15) is 14.3 Å². The van der Waals surface area contributed by atoms with Crippen LogP contribution in [0.3, 0.4) is 0 Å². The Morgan fingerprint density at radius 2 is 2.21 bits per heavy atom. The number of piperazine rings is 1. The van der Waals surface area contributed by atoms with Crippen LogP contribution in [0.2, 0.25) is 0 Å². The van der Waals surface area contributed by atoms with Gasteiger partial charge in [-0.05, 0) is 31.5 Å². The number of benzene rings is 1. The van der Waals surface area contributed by atoms with Crippen LogP contribution in [0, 0.1) is 5.82 Å². The van der Waals surface area contributed by atoms with E-state index >= 15 is 0 Å². The molecule has 5 nitrogen and oxygen atoms in total. The Morgan fingerprint density at radius 1 is 1.46 bits per heavy atom. The molecule has 1 saturated heterocycles. The Hall–Kier alpha value is -1.50. The molecule has 2 rings (SSSR count). The van der Waals surface area contributed by atoms with E-state index in [1.165, 1.54) is 12.1 Å². The summed E-state index contributed by atoms with van der Waals surface area (Å²) >= 11 is 0. The van der Waals surface area contributed by atoms with Crippen LogP contribution in [0.25, 0.3) is 0 Å². The molecule has 1 aromatic carbocycles. The molecule has 0 aliphatic carbocycles. The van der Waals surface area contributed by atoms with Gasteiger partial charge < -0.3 is 10.0 Å². The highest BCUT2D eigenvalue weighted by atomic mass is 19.1. The first kappa shape index (κ1) is 18.8. The first-order valence-corrected chi connectivity index (χ1v) is 8.48. The van der Waals surface area contributed by atoms with Gasteiger partial charge in [-0.1, -0.05) is 12.1 Å². The van der Waals surface area contributed by atoms with Crippen molar-refractivity contribution in [1.29, 1.82) is 0 Å². The molecule has 24 heavy (non-hydrogen) atoms. The van der Waals surface area contributed by atoms with Crippen molar-refractivity contribution in [3.05, 3.63) is 35.6 Å². The predicted molar refractivity (Wildman–Crippen MR) is 92.0 cm³/mol. The van der Waals surface area contributed by atoms with Crippen LogP contribution in [0.1, 0.15) is 19.4 Å². The average molecular weight is 337 g/mol. The Labute approximate surface area is 143 Å². The molecule has 0 saturated carbocycles. The number of aliphatic hydroxyl groups is 1. The van der Waals surface area contributed by atoms with Crippen LogP contribution < -0.4 is 0 Å². The third kappa shape index (κ3) is 5.54. The van der Waals surface area contributed by atoms with E-state index in [2.05, 4.69) is 16.7 Å². The SMILES string of the molecule is C[C@@H](O)CN1CCN(CC(=O)N(C)Cc2cccc(F)c2)C[C@@H]1C. The largest absolute Gasteiger partial charge is 0.392 e. The van der Waals surface area contributed by atoms with Crippen molar-refractivity contribution in [1.82, 2.24) is 14.7 Å². The molecule has 1 heterocycles.